The minimum absolute atomic E-state index is 0.120. The second-order valence-electron chi connectivity index (χ2n) is 8.13. The molecular formula is C27H27N3O3S2. The van der Waals surface area contributed by atoms with Crippen molar-refractivity contribution in [2.24, 2.45) is 4.99 Å². The summed E-state index contributed by atoms with van der Waals surface area (Å²) in [7, 11) is -3.77. The van der Waals surface area contributed by atoms with Crippen molar-refractivity contribution >= 4 is 43.2 Å². The summed E-state index contributed by atoms with van der Waals surface area (Å²) in [4.78, 5) is 18.1. The molecule has 0 saturated carbocycles. The fourth-order valence-electron chi connectivity index (χ4n) is 3.85. The Morgan fingerprint density at radius 3 is 2.34 bits per heavy atom. The monoisotopic (exact) mass is 505 g/mol. The molecule has 0 bridgehead atoms. The summed E-state index contributed by atoms with van der Waals surface area (Å²) in [6.45, 7) is 10.5. The number of hydrogen-bond donors (Lipinski definition) is 0. The van der Waals surface area contributed by atoms with Crippen LogP contribution in [0.1, 0.15) is 28.4 Å². The Labute approximate surface area is 209 Å². The fourth-order valence-corrected chi connectivity index (χ4v) is 6.44. The number of carbonyl (C=O) groups is 1. The highest BCUT2D eigenvalue weighted by atomic mass is 32.2. The van der Waals surface area contributed by atoms with Crippen LogP contribution in [-0.2, 0) is 16.6 Å². The standard InChI is InChI=1S/C27H27N3O3S2/c1-5-16-29-24-17-19(3)20(4)18-25(24)34-27(29)28-26(31)21-12-14-23(15-13-21)35(32,33)30(6-2)22-10-8-7-9-11-22/h5,7-15,17-18H,1,6,16H2,2-4H3. The van der Waals surface area contributed by atoms with Crippen molar-refractivity contribution in [2.75, 3.05) is 10.8 Å². The molecule has 0 spiro atoms. The van der Waals surface area contributed by atoms with Gasteiger partial charge in [0, 0.05) is 18.7 Å². The quantitative estimate of drug-likeness (QED) is 0.313. The van der Waals surface area contributed by atoms with Gasteiger partial charge in [0.15, 0.2) is 4.80 Å². The van der Waals surface area contributed by atoms with Crippen molar-refractivity contribution in [1.82, 2.24) is 4.57 Å². The molecule has 0 atom stereocenters. The Morgan fingerprint density at radius 1 is 1.06 bits per heavy atom. The number of hydrogen-bond acceptors (Lipinski definition) is 4. The van der Waals surface area contributed by atoms with Gasteiger partial charge < -0.3 is 4.57 Å². The largest absolute Gasteiger partial charge is 0.312 e. The highest BCUT2D eigenvalue weighted by Gasteiger charge is 2.23. The Balaban J connectivity index is 1.69. The van der Waals surface area contributed by atoms with Crippen molar-refractivity contribution in [3.8, 4) is 0 Å². The van der Waals surface area contributed by atoms with E-state index in [0.29, 0.717) is 22.6 Å². The molecule has 4 aromatic rings. The lowest BCUT2D eigenvalue weighted by atomic mass is 10.1. The van der Waals surface area contributed by atoms with Gasteiger partial charge in [0.05, 0.1) is 20.8 Å². The lowest BCUT2D eigenvalue weighted by Crippen LogP contribution is -2.30. The summed E-state index contributed by atoms with van der Waals surface area (Å²) in [6, 6.07) is 19.1. The molecule has 4 rings (SSSR count). The highest BCUT2D eigenvalue weighted by Crippen LogP contribution is 2.24. The van der Waals surface area contributed by atoms with Crippen LogP contribution in [0.3, 0.4) is 0 Å². The number of anilines is 1. The lowest BCUT2D eigenvalue weighted by molar-refractivity contribution is 0.0998. The maximum atomic E-state index is 13.2. The average Bonchev–Trinajstić information content (AvgIpc) is 3.16. The summed E-state index contributed by atoms with van der Waals surface area (Å²) in [5.74, 6) is -0.429. The molecule has 1 amide bonds. The first-order chi connectivity index (χ1) is 16.8. The molecule has 1 heterocycles. The van der Waals surface area contributed by atoms with Gasteiger partial charge in [-0.25, -0.2) is 8.42 Å². The Kier molecular flexibility index (Phi) is 7.05. The van der Waals surface area contributed by atoms with Crippen molar-refractivity contribution in [3.63, 3.8) is 0 Å². The summed E-state index contributed by atoms with van der Waals surface area (Å²) >= 11 is 1.45. The van der Waals surface area contributed by atoms with E-state index in [1.54, 1.807) is 37.3 Å². The lowest BCUT2D eigenvalue weighted by Gasteiger charge is -2.22. The van der Waals surface area contributed by atoms with Gasteiger partial charge >= 0.3 is 0 Å². The Morgan fingerprint density at radius 2 is 1.71 bits per heavy atom. The zero-order valence-corrected chi connectivity index (χ0v) is 21.6. The van der Waals surface area contributed by atoms with Crippen LogP contribution in [0.5, 0.6) is 0 Å². The summed E-state index contributed by atoms with van der Waals surface area (Å²) in [6.07, 6.45) is 1.77. The van der Waals surface area contributed by atoms with Gasteiger partial charge in [0.2, 0.25) is 0 Å². The number of para-hydroxylation sites is 1. The van der Waals surface area contributed by atoms with E-state index in [1.807, 2.05) is 10.6 Å². The summed E-state index contributed by atoms with van der Waals surface area (Å²) in [5.41, 5.74) is 4.26. The molecule has 0 fully saturated rings. The van der Waals surface area contributed by atoms with Gasteiger partial charge in [-0.05, 0) is 80.4 Å². The van der Waals surface area contributed by atoms with Crippen LogP contribution in [0.25, 0.3) is 10.2 Å². The molecule has 0 aliphatic heterocycles. The van der Waals surface area contributed by atoms with Crippen LogP contribution < -0.4 is 9.11 Å². The number of sulfonamides is 1. The van der Waals surface area contributed by atoms with E-state index in [9.17, 15) is 13.2 Å². The molecular weight excluding hydrogens is 478 g/mol. The second-order valence-corrected chi connectivity index (χ2v) is 11.0. The van der Waals surface area contributed by atoms with E-state index in [2.05, 4.69) is 37.6 Å². The van der Waals surface area contributed by atoms with E-state index >= 15 is 0 Å². The predicted octanol–water partition coefficient (Wildman–Crippen LogP) is 5.46. The smallest absolute Gasteiger partial charge is 0.279 e. The van der Waals surface area contributed by atoms with E-state index in [4.69, 9.17) is 0 Å². The highest BCUT2D eigenvalue weighted by molar-refractivity contribution is 7.92. The first-order valence-corrected chi connectivity index (χ1v) is 13.5. The number of thiazole rings is 1. The average molecular weight is 506 g/mol. The third-order valence-corrected chi connectivity index (χ3v) is 8.79. The van der Waals surface area contributed by atoms with Crippen molar-refractivity contribution in [3.05, 3.63) is 101 Å². The summed E-state index contributed by atoms with van der Waals surface area (Å²) in [5, 5.41) is 0. The van der Waals surface area contributed by atoms with Crippen LogP contribution in [0, 0.1) is 13.8 Å². The van der Waals surface area contributed by atoms with Crippen molar-refractivity contribution in [2.45, 2.75) is 32.2 Å². The molecule has 0 aliphatic rings. The topological polar surface area (TPSA) is 71.7 Å². The van der Waals surface area contributed by atoms with Crippen LogP contribution in [0.15, 0.2) is 89.3 Å². The number of allylic oxidation sites excluding steroid dienone is 1. The first-order valence-electron chi connectivity index (χ1n) is 11.2. The van der Waals surface area contributed by atoms with E-state index in [1.165, 1.54) is 51.0 Å². The molecule has 180 valence electrons. The van der Waals surface area contributed by atoms with Crippen molar-refractivity contribution < 1.29 is 13.2 Å². The zero-order valence-electron chi connectivity index (χ0n) is 19.9. The van der Waals surface area contributed by atoms with Gasteiger partial charge in [0.1, 0.15) is 0 Å². The van der Waals surface area contributed by atoms with Gasteiger partial charge in [-0.1, -0.05) is 35.6 Å². The molecule has 6 nitrogen and oxygen atoms in total. The third-order valence-electron chi connectivity index (χ3n) is 5.83. The maximum absolute atomic E-state index is 13.2. The maximum Gasteiger partial charge on any atom is 0.279 e. The SMILES string of the molecule is C=CCn1c(=NC(=O)c2ccc(S(=O)(=O)N(CC)c3ccccc3)cc2)sc2cc(C)c(C)cc21. The molecule has 1 aromatic heterocycles. The normalized spacial score (nSPS) is 12.1. The number of carbonyl (C=O) groups excluding carboxylic acids is 1. The molecule has 0 unspecified atom stereocenters. The minimum atomic E-state index is -3.77. The van der Waals surface area contributed by atoms with Gasteiger partial charge in [-0.2, -0.15) is 4.99 Å². The van der Waals surface area contributed by atoms with Crippen LogP contribution in [0.2, 0.25) is 0 Å². The number of benzene rings is 3. The van der Waals surface area contributed by atoms with Crippen LogP contribution in [-0.4, -0.2) is 25.4 Å². The van der Waals surface area contributed by atoms with Crippen molar-refractivity contribution in [1.29, 1.82) is 0 Å². The zero-order chi connectivity index (χ0) is 25.2. The van der Waals surface area contributed by atoms with E-state index < -0.39 is 15.9 Å². The molecule has 0 aliphatic carbocycles. The van der Waals surface area contributed by atoms with E-state index in [0.717, 1.165) is 10.2 Å². The molecule has 0 N–H and O–H groups in total. The number of nitrogens with zero attached hydrogens (tertiary/aromatic N) is 3. The number of aromatic nitrogens is 1. The molecule has 8 heteroatoms. The second kappa shape index (κ2) is 10.0. The fraction of sp³-hybridized carbons (Fsp3) is 0.185. The predicted molar refractivity (Wildman–Crippen MR) is 142 cm³/mol. The Bertz CT molecular complexity index is 1570. The molecule has 3 aromatic carbocycles. The van der Waals surface area contributed by atoms with Gasteiger partial charge in [-0.15, -0.1) is 6.58 Å². The van der Waals surface area contributed by atoms with E-state index in [-0.39, 0.29) is 11.4 Å². The minimum Gasteiger partial charge on any atom is -0.312 e. The number of aryl methyl sites for hydroxylation is 2. The van der Waals surface area contributed by atoms with Crippen LogP contribution in [0.4, 0.5) is 5.69 Å². The van der Waals surface area contributed by atoms with Gasteiger partial charge in [-0.3, -0.25) is 9.10 Å². The van der Waals surface area contributed by atoms with Crippen LogP contribution >= 0.6 is 11.3 Å². The molecule has 0 radical (unpaired) electrons. The number of amides is 1. The first kappa shape index (κ1) is 24.6. The Hall–Kier alpha value is -3.49. The number of fused-ring (bicyclic) bond motifs is 1. The van der Waals surface area contributed by atoms with Gasteiger partial charge in [0.25, 0.3) is 15.9 Å². The molecule has 35 heavy (non-hydrogen) atoms. The summed E-state index contributed by atoms with van der Waals surface area (Å²) < 4.78 is 30.8. The molecule has 0 saturated heterocycles. The number of rotatable bonds is 7. The third kappa shape index (κ3) is 4.85.